The van der Waals surface area contributed by atoms with Gasteiger partial charge in [0.15, 0.2) is 0 Å². The van der Waals surface area contributed by atoms with Crippen molar-refractivity contribution >= 4 is 23.1 Å². The summed E-state index contributed by atoms with van der Waals surface area (Å²) in [5.41, 5.74) is 6.55. The van der Waals surface area contributed by atoms with E-state index in [-0.39, 0.29) is 10.9 Å². The zero-order valence-electron chi connectivity index (χ0n) is 11.2. The van der Waals surface area contributed by atoms with E-state index in [1.54, 1.807) is 25.8 Å². The minimum absolute atomic E-state index is 0.0988. The van der Waals surface area contributed by atoms with Crippen molar-refractivity contribution in [3.8, 4) is 0 Å². The van der Waals surface area contributed by atoms with Crippen LogP contribution in [0.25, 0.3) is 0 Å². The van der Waals surface area contributed by atoms with Gasteiger partial charge in [-0.05, 0) is 32.9 Å². The molecule has 1 amide bonds. The molecule has 5 heteroatoms. The Morgan fingerprint density at radius 1 is 1.50 bits per heavy atom. The molecule has 1 heterocycles. The minimum Gasteiger partial charge on any atom is -0.392 e. The summed E-state index contributed by atoms with van der Waals surface area (Å²) in [5.74, 6) is -0.0988. The second kappa shape index (κ2) is 5.44. The number of aryl methyl sites for hydroxylation is 1. The highest BCUT2D eigenvalue weighted by molar-refractivity contribution is 7.80. The van der Waals surface area contributed by atoms with E-state index in [1.807, 2.05) is 25.1 Å². The highest BCUT2D eigenvalue weighted by atomic mass is 32.1. The topological polar surface area (TPSA) is 59.2 Å². The van der Waals surface area contributed by atoms with Gasteiger partial charge >= 0.3 is 0 Å². The number of aromatic nitrogens is 1. The predicted molar refractivity (Wildman–Crippen MR) is 76.0 cm³/mol. The van der Waals surface area contributed by atoms with E-state index >= 15 is 0 Å². The molecule has 0 radical (unpaired) electrons. The maximum absolute atomic E-state index is 12.2. The van der Waals surface area contributed by atoms with E-state index in [9.17, 15) is 4.79 Å². The predicted octanol–water partition coefficient (Wildman–Crippen LogP) is 1.66. The van der Waals surface area contributed by atoms with Crippen LogP contribution in [0, 0.1) is 12.3 Å². The van der Waals surface area contributed by atoms with Gasteiger partial charge in [0.2, 0.25) is 5.91 Å². The fourth-order valence-electron chi connectivity index (χ4n) is 1.58. The van der Waals surface area contributed by atoms with Crippen molar-refractivity contribution in [2.24, 2.45) is 11.1 Å². The summed E-state index contributed by atoms with van der Waals surface area (Å²) in [7, 11) is 1.73. The van der Waals surface area contributed by atoms with Gasteiger partial charge in [0, 0.05) is 12.7 Å². The molecule has 0 unspecified atom stereocenters. The molecule has 2 N–H and O–H groups in total. The molecule has 0 saturated heterocycles. The Morgan fingerprint density at radius 3 is 2.61 bits per heavy atom. The van der Waals surface area contributed by atoms with Crippen molar-refractivity contribution in [1.29, 1.82) is 0 Å². The fraction of sp³-hybridized carbons (Fsp3) is 0.462. The summed E-state index contributed by atoms with van der Waals surface area (Å²) in [6, 6.07) is 5.74. The quantitative estimate of drug-likeness (QED) is 0.841. The first-order valence-corrected chi connectivity index (χ1v) is 6.14. The summed E-state index contributed by atoms with van der Waals surface area (Å²) in [5, 5.41) is 0. The first-order valence-electron chi connectivity index (χ1n) is 5.73. The number of carbonyl (C=O) groups is 1. The lowest BCUT2D eigenvalue weighted by molar-refractivity contribution is -0.136. The van der Waals surface area contributed by atoms with Crippen LogP contribution in [-0.2, 0) is 11.3 Å². The van der Waals surface area contributed by atoms with Gasteiger partial charge in [-0.15, -0.1) is 0 Å². The van der Waals surface area contributed by atoms with Crippen LogP contribution in [0.15, 0.2) is 18.2 Å². The van der Waals surface area contributed by atoms with Crippen LogP contribution in [0.1, 0.15) is 25.2 Å². The molecular formula is C13H19N3OS. The van der Waals surface area contributed by atoms with Gasteiger partial charge in [0.25, 0.3) is 0 Å². The smallest absolute Gasteiger partial charge is 0.235 e. The third-order valence-corrected chi connectivity index (χ3v) is 3.35. The fourth-order valence-corrected chi connectivity index (χ4v) is 1.67. The Balaban J connectivity index is 2.80. The normalized spacial score (nSPS) is 11.1. The highest BCUT2D eigenvalue weighted by Crippen LogP contribution is 2.19. The summed E-state index contributed by atoms with van der Waals surface area (Å²) in [6.07, 6.45) is 0. The molecule has 0 spiro atoms. The first-order chi connectivity index (χ1) is 8.25. The van der Waals surface area contributed by atoms with Crippen molar-refractivity contribution in [2.75, 3.05) is 7.05 Å². The third kappa shape index (κ3) is 3.26. The number of pyridine rings is 1. The van der Waals surface area contributed by atoms with Crippen LogP contribution in [0.3, 0.4) is 0 Å². The number of hydrogen-bond donors (Lipinski definition) is 1. The van der Waals surface area contributed by atoms with Crippen molar-refractivity contribution in [3.05, 3.63) is 29.6 Å². The molecule has 18 heavy (non-hydrogen) atoms. The van der Waals surface area contributed by atoms with Crippen molar-refractivity contribution < 1.29 is 4.79 Å². The highest BCUT2D eigenvalue weighted by Gasteiger charge is 2.33. The van der Waals surface area contributed by atoms with Crippen LogP contribution >= 0.6 is 12.2 Å². The summed E-state index contributed by atoms with van der Waals surface area (Å²) in [4.78, 5) is 18.4. The third-order valence-electron chi connectivity index (χ3n) is 2.84. The lowest BCUT2D eigenvalue weighted by Gasteiger charge is -2.28. The monoisotopic (exact) mass is 265 g/mol. The van der Waals surface area contributed by atoms with E-state index in [2.05, 4.69) is 4.98 Å². The summed E-state index contributed by atoms with van der Waals surface area (Å²) >= 11 is 4.93. The van der Waals surface area contributed by atoms with Crippen molar-refractivity contribution in [3.63, 3.8) is 0 Å². The second-order valence-corrected chi connectivity index (χ2v) is 5.36. The number of nitrogens with two attached hydrogens (primary N) is 1. The largest absolute Gasteiger partial charge is 0.392 e. The lowest BCUT2D eigenvalue weighted by Crippen LogP contribution is -2.45. The van der Waals surface area contributed by atoms with Crippen molar-refractivity contribution in [2.45, 2.75) is 27.3 Å². The summed E-state index contributed by atoms with van der Waals surface area (Å²) in [6.45, 7) is 5.84. The molecule has 0 aliphatic heterocycles. The number of thiocarbonyl (C=S) groups is 1. The van der Waals surface area contributed by atoms with E-state index < -0.39 is 5.41 Å². The number of rotatable bonds is 4. The van der Waals surface area contributed by atoms with Gasteiger partial charge in [-0.1, -0.05) is 18.3 Å². The average molecular weight is 265 g/mol. The number of hydrogen-bond acceptors (Lipinski definition) is 3. The molecule has 1 aromatic rings. The van der Waals surface area contributed by atoms with E-state index in [1.165, 1.54) is 0 Å². The molecule has 4 nitrogen and oxygen atoms in total. The first kappa shape index (κ1) is 14.6. The van der Waals surface area contributed by atoms with Gasteiger partial charge in [-0.25, -0.2) is 0 Å². The molecule has 0 aliphatic rings. The number of carbonyl (C=O) groups excluding carboxylic acids is 1. The van der Waals surface area contributed by atoms with Gasteiger partial charge in [0.1, 0.15) is 0 Å². The Hall–Kier alpha value is -1.49. The second-order valence-electron chi connectivity index (χ2n) is 4.92. The molecule has 98 valence electrons. The molecule has 0 bridgehead atoms. The van der Waals surface area contributed by atoms with Crippen LogP contribution < -0.4 is 5.73 Å². The van der Waals surface area contributed by atoms with Gasteiger partial charge in [0.05, 0.1) is 22.6 Å². The van der Waals surface area contributed by atoms with Crippen LogP contribution in [0.4, 0.5) is 0 Å². The molecule has 0 aromatic carbocycles. The van der Waals surface area contributed by atoms with Gasteiger partial charge in [-0.3, -0.25) is 9.78 Å². The Labute approximate surface area is 113 Å². The molecule has 0 atom stereocenters. The zero-order valence-corrected chi connectivity index (χ0v) is 12.0. The standard InChI is InChI=1S/C13H19N3OS/c1-9-6-5-7-10(15-9)8-16(4)12(17)13(2,3)11(14)18/h5-7H,8H2,1-4H3,(H2,14,18). The SMILES string of the molecule is Cc1cccc(CN(C)C(=O)C(C)(C)C(N)=S)n1. The molecule has 0 saturated carbocycles. The van der Waals surface area contributed by atoms with Gasteiger partial charge < -0.3 is 10.6 Å². The average Bonchev–Trinajstić information content (AvgIpc) is 2.27. The maximum atomic E-state index is 12.2. The minimum atomic E-state index is -0.825. The number of amides is 1. The van der Waals surface area contributed by atoms with Crippen LogP contribution in [0.2, 0.25) is 0 Å². The van der Waals surface area contributed by atoms with E-state index in [0.29, 0.717) is 6.54 Å². The molecule has 1 rings (SSSR count). The molecule has 0 aliphatic carbocycles. The zero-order chi connectivity index (χ0) is 13.9. The van der Waals surface area contributed by atoms with E-state index in [0.717, 1.165) is 11.4 Å². The maximum Gasteiger partial charge on any atom is 0.235 e. The lowest BCUT2D eigenvalue weighted by atomic mass is 9.91. The molecule has 1 aromatic heterocycles. The Bertz CT molecular complexity index is 471. The number of nitrogens with zero attached hydrogens (tertiary/aromatic N) is 2. The van der Waals surface area contributed by atoms with Gasteiger partial charge in [-0.2, -0.15) is 0 Å². The van der Waals surface area contributed by atoms with Crippen LogP contribution in [0.5, 0.6) is 0 Å². The van der Waals surface area contributed by atoms with Crippen molar-refractivity contribution in [1.82, 2.24) is 9.88 Å². The molecular weight excluding hydrogens is 246 g/mol. The molecule has 0 fully saturated rings. The summed E-state index contributed by atoms with van der Waals surface area (Å²) < 4.78 is 0. The van der Waals surface area contributed by atoms with E-state index in [4.69, 9.17) is 18.0 Å². The Kier molecular flexibility index (Phi) is 4.40. The Morgan fingerprint density at radius 2 is 2.11 bits per heavy atom. The van der Waals surface area contributed by atoms with Crippen LogP contribution in [-0.4, -0.2) is 27.8 Å².